The number of hydrogen-bond acceptors (Lipinski definition) is 8. The zero-order chi connectivity index (χ0) is 36.6. The average molecular weight is 715 g/mol. The van der Waals surface area contributed by atoms with Gasteiger partial charge in [-0.05, 0) is 60.4 Å². The second-order valence-corrected chi connectivity index (χ2v) is 11.3. The summed E-state index contributed by atoms with van der Waals surface area (Å²) in [4.78, 5) is 39.2. The molecule has 0 spiro atoms. The van der Waals surface area contributed by atoms with E-state index in [9.17, 15) is 40.7 Å². The van der Waals surface area contributed by atoms with Crippen LogP contribution in [0.1, 0.15) is 29.0 Å². The molecular weight excluding hydrogens is 681 g/mol. The highest BCUT2D eigenvalue weighted by Gasteiger charge is 2.37. The Morgan fingerprint density at radius 2 is 1.68 bits per heavy atom. The van der Waals surface area contributed by atoms with Gasteiger partial charge in [-0.25, -0.2) is 32.1 Å². The third-order valence-electron chi connectivity index (χ3n) is 7.76. The number of carbonyl (C=O) groups is 3. The highest BCUT2D eigenvalue weighted by atomic mass is 19.4. The van der Waals surface area contributed by atoms with E-state index in [1.54, 1.807) is 5.32 Å². The van der Waals surface area contributed by atoms with Gasteiger partial charge in [0.25, 0.3) is 5.91 Å². The Hall–Kier alpha value is -4.74. The topological polar surface area (TPSA) is 132 Å². The number of nitrogens with two attached hydrogens (primary N) is 1. The molecule has 0 unspecified atom stereocenters. The fourth-order valence-electron chi connectivity index (χ4n) is 5.39. The highest BCUT2D eigenvalue weighted by Crippen LogP contribution is 2.33. The number of anilines is 1. The number of alkyl halides is 3. The molecule has 0 aromatic heterocycles. The number of methoxy groups -OCH3 is 1. The molecule has 50 heavy (non-hydrogen) atoms. The van der Waals surface area contributed by atoms with Gasteiger partial charge in [0, 0.05) is 24.1 Å². The quantitative estimate of drug-likeness (QED) is 0.235. The molecule has 4 atom stereocenters. The van der Waals surface area contributed by atoms with E-state index in [0.717, 1.165) is 37.4 Å². The second-order valence-electron chi connectivity index (χ2n) is 11.3. The van der Waals surface area contributed by atoms with Gasteiger partial charge in [-0.3, -0.25) is 4.79 Å². The smallest absolute Gasteiger partial charge is 0.420 e. The number of nitrogens with one attached hydrogen (secondary N) is 2. The van der Waals surface area contributed by atoms with Crippen molar-refractivity contribution in [2.75, 3.05) is 38.3 Å². The molecule has 3 amide bonds. The third kappa shape index (κ3) is 10.1. The number of imide groups is 1. The number of hydrogen-bond donors (Lipinski definition) is 3. The van der Waals surface area contributed by atoms with Crippen LogP contribution in [-0.2, 0) is 25.4 Å². The fourth-order valence-corrected chi connectivity index (χ4v) is 5.39. The second kappa shape index (κ2) is 16.8. The Balaban J connectivity index is 1.51. The monoisotopic (exact) mass is 714 g/mol. The van der Waals surface area contributed by atoms with Crippen LogP contribution in [0, 0.1) is 23.3 Å². The van der Waals surface area contributed by atoms with E-state index in [-0.39, 0.29) is 55.0 Å². The number of halogens is 7. The first-order valence-corrected chi connectivity index (χ1v) is 15.2. The Morgan fingerprint density at radius 1 is 1.00 bits per heavy atom. The molecule has 3 aromatic carbocycles. The summed E-state index contributed by atoms with van der Waals surface area (Å²) < 4.78 is 110. The SMILES string of the molecule is COC(=O)N(C(=O)[C@@H](N)[C@@H](c1ccc(F)cc1)c1cc(F)cc(F)c1)c1cccc(F)c1CC[C@@H]1CN[C@H](COC(=O)NCC(F)(F)F)CO1. The average Bonchev–Trinajstić information content (AvgIpc) is 3.06. The molecule has 1 saturated heterocycles. The molecule has 4 N–H and O–H groups in total. The standard InChI is InChI=1S/C33H33F7N4O6/c1-48-32(47)44(30(45)29(41)28(18-5-7-20(34)8-6-18)19-11-21(35)13-22(36)12-19)27-4-2-3-26(37)25(27)10-9-24-14-42-23(15-49-24)16-50-31(46)43-17-33(38,39)40/h2-8,11-13,23-24,28-29,42H,9-10,14-17,41H2,1H3,(H,43,46)/t23-,24+,28-,29-/m0/s1. The highest BCUT2D eigenvalue weighted by molar-refractivity contribution is 6.15. The van der Waals surface area contributed by atoms with E-state index in [4.69, 9.17) is 19.9 Å². The summed E-state index contributed by atoms with van der Waals surface area (Å²) in [6, 6.07) is 8.52. The number of carbonyl (C=O) groups excluding carboxylic acids is 3. The zero-order valence-electron chi connectivity index (χ0n) is 26.4. The summed E-state index contributed by atoms with van der Waals surface area (Å²) in [6.07, 6.45) is -7.56. The van der Waals surface area contributed by atoms with Gasteiger partial charge in [0.05, 0.1) is 37.6 Å². The van der Waals surface area contributed by atoms with Crippen molar-refractivity contribution in [1.82, 2.24) is 10.6 Å². The number of benzene rings is 3. The number of nitrogens with zero attached hydrogens (tertiary/aromatic N) is 1. The maximum atomic E-state index is 15.4. The Morgan fingerprint density at radius 3 is 2.28 bits per heavy atom. The largest absolute Gasteiger partial charge is 0.452 e. The molecule has 1 aliphatic rings. The summed E-state index contributed by atoms with van der Waals surface area (Å²) in [5.74, 6) is -5.80. The van der Waals surface area contributed by atoms with Crippen molar-refractivity contribution in [3.8, 4) is 0 Å². The first-order valence-electron chi connectivity index (χ1n) is 15.2. The number of amides is 3. The third-order valence-corrected chi connectivity index (χ3v) is 7.76. The fraction of sp³-hybridized carbons (Fsp3) is 0.364. The van der Waals surface area contributed by atoms with Crippen molar-refractivity contribution in [1.29, 1.82) is 0 Å². The van der Waals surface area contributed by atoms with Crippen LogP contribution in [0.25, 0.3) is 0 Å². The summed E-state index contributed by atoms with van der Waals surface area (Å²) in [7, 11) is 0.980. The van der Waals surface area contributed by atoms with Crippen LogP contribution in [0.2, 0.25) is 0 Å². The van der Waals surface area contributed by atoms with Crippen molar-refractivity contribution in [2.24, 2.45) is 5.73 Å². The molecule has 1 heterocycles. The lowest BCUT2D eigenvalue weighted by Gasteiger charge is -2.31. The summed E-state index contributed by atoms with van der Waals surface area (Å²) in [6.45, 7) is -1.66. The summed E-state index contributed by atoms with van der Waals surface area (Å²) in [5, 5.41) is 4.60. The molecular formula is C33H33F7N4O6. The molecule has 0 saturated carbocycles. The molecule has 4 rings (SSSR count). The normalized spacial score (nSPS) is 17.4. The lowest BCUT2D eigenvalue weighted by molar-refractivity contribution is -0.124. The van der Waals surface area contributed by atoms with Crippen molar-refractivity contribution >= 4 is 23.8 Å². The van der Waals surface area contributed by atoms with Crippen molar-refractivity contribution < 1.29 is 59.3 Å². The lowest BCUT2D eigenvalue weighted by atomic mass is 9.84. The zero-order valence-corrected chi connectivity index (χ0v) is 26.4. The minimum absolute atomic E-state index is 0.00554. The predicted octanol–water partition coefficient (Wildman–Crippen LogP) is 5.08. The summed E-state index contributed by atoms with van der Waals surface area (Å²) in [5.41, 5.74) is 6.20. The Labute approximate surface area is 281 Å². The number of ether oxygens (including phenoxy) is 3. The lowest BCUT2D eigenvalue weighted by Crippen LogP contribution is -2.50. The van der Waals surface area contributed by atoms with Crippen molar-refractivity contribution in [3.63, 3.8) is 0 Å². The Bertz CT molecular complexity index is 1630. The van der Waals surface area contributed by atoms with Gasteiger partial charge in [-0.15, -0.1) is 0 Å². The van der Waals surface area contributed by atoms with E-state index in [2.05, 4.69) is 5.32 Å². The molecule has 3 aromatic rings. The molecule has 1 fully saturated rings. The van der Waals surface area contributed by atoms with Crippen LogP contribution in [0.5, 0.6) is 0 Å². The molecule has 0 aliphatic carbocycles. The van der Waals surface area contributed by atoms with Gasteiger partial charge < -0.3 is 30.6 Å². The first kappa shape index (κ1) is 38.1. The van der Waals surface area contributed by atoms with E-state index < -0.39 is 78.2 Å². The van der Waals surface area contributed by atoms with Crippen LogP contribution in [0.4, 0.5) is 46.0 Å². The van der Waals surface area contributed by atoms with Gasteiger partial charge >= 0.3 is 18.4 Å². The van der Waals surface area contributed by atoms with Crippen LogP contribution in [0.15, 0.2) is 60.7 Å². The number of morpholine rings is 1. The van der Waals surface area contributed by atoms with Gasteiger partial charge in [-0.2, -0.15) is 13.2 Å². The van der Waals surface area contributed by atoms with E-state index in [0.29, 0.717) is 11.0 Å². The molecule has 0 bridgehead atoms. The van der Waals surface area contributed by atoms with Gasteiger partial charge in [0.15, 0.2) is 0 Å². The maximum absolute atomic E-state index is 15.4. The summed E-state index contributed by atoms with van der Waals surface area (Å²) >= 11 is 0. The first-order chi connectivity index (χ1) is 23.7. The van der Waals surface area contributed by atoms with Crippen molar-refractivity contribution in [2.45, 2.75) is 43.1 Å². The van der Waals surface area contributed by atoms with E-state index >= 15 is 4.39 Å². The number of alkyl carbamates (subject to hydrolysis) is 1. The maximum Gasteiger partial charge on any atom is 0.420 e. The van der Waals surface area contributed by atoms with Gasteiger partial charge in [0.1, 0.15) is 36.4 Å². The minimum atomic E-state index is -4.60. The molecule has 10 nitrogen and oxygen atoms in total. The van der Waals surface area contributed by atoms with Crippen LogP contribution in [-0.4, -0.2) is 75.9 Å². The number of rotatable bonds is 11. The molecule has 1 aliphatic heterocycles. The minimum Gasteiger partial charge on any atom is -0.452 e. The molecule has 270 valence electrons. The van der Waals surface area contributed by atoms with E-state index in [1.807, 2.05) is 0 Å². The van der Waals surface area contributed by atoms with Crippen LogP contribution >= 0.6 is 0 Å². The molecule has 0 radical (unpaired) electrons. The van der Waals surface area contributed by atoms with Crippen LogP contribution < -0.4 is 21.3 Å². The van der Waals surface area contributed by atoms with Gasteiger partial charge in [0.2, 0.25) is 0 Å². The van der Waals surface area contributed by atoms with Gasteiger partial charge in [-0.1, -0.05) is 18.2 Å². The van der Waals surface area contributed by atoms with Crippen molar-refractivity contribution in [3.05, 3.63) is 101 Å². The van der Waals surface area contributed by atoms with Crippen LogP contribution in [0.3, 0.4) is 0 Å². The Kier molecular flexibility index (Phi) is 12.8. The predicted molar refractivity (Wildman–Crippen MR) is 164 cm³/mol. The van der Waals surface area contributed by atoms with E-state index in [1.165, 1.54) is 24.3 Å². The molecule has 17 heteroatoms.